The van der Waals surface area contributed by atoms with Gasteiger partial charge in [-0.25, -0.2) is 0 Å². The second kappa shape index (κ2) is 6.47. The molecule has 2 N–H and O–H groups in total. The summed E-state index contributed by atoms with van der Waals surface area (Å²) in [6.45, 7) is 0. The van der Waals surface area contributed by atoms with E-state index in [1.165, 1.54) is 0 Å². The summed E-state index contributed by atoms with van der Waals surface area (Å²) in [4.78, 5) is 0. The molecule has 2 heterocycles. The SMILES string of the molecule is F[B-](F)(F)F.Nc1oc(-c2ccccc2)[n+]2ccc3ccccc3c12. The molecule has 0 amide bonds. The van der Waals surface area contributed by atoms with Crippen LogP contribution in [0.15, 0.2) is 71.3 Å². The summed E-state index contributed by atoms with van der Waals surface area (Å²) in [7, 11) is -6.00. The summed E-state index contributed by atoms with van der Waals surface area (Å²) in [6.07, 6.45) is 2.00. The van der Waals surface area contributed by atoms with Gasteiger partial charge in [0, 0.05) is 6.07 Å². The highest BCUT2D eigenvalue weighted by atomic mass is 19.5. The molecule has 128 valence electrons. The first-order valence-corrected chi connectivity index (χ1v) is 7.39. The molecule has 2 aromatic carbocycles. The Kier molecular flexibility index (Phi) is 4.35. The second-order valence-electron chi connectivity index (χ2n) is 5.25. The fourth-order valence-electron chi connectivity index (χ4n) is 2.62. The number of nitrogens with zero attached hydrogens (tertiary/aromatic N) is 1. The summed E-state index contributed by atoms with van der Waals surface area (Å²) in [5.41, 5.74) is 8.02. The smallest absolute Gasteiger partial charge is 0.418 e. The molecule has 0 saturated heterocycles. The van der Waals surface area contributed by atoms with Crippen molar-refractivity contribution in [1.29, 1.82) is 0 Å². The first-order valence-electron chi connectivity index (χ1n) is 7.39. The van der Waals surface area contributed by atoms with Crippen LogP contribution in [0.25, 0.3) is 27.7 Å². The first kappa shape index (κ1) is 16.8. The van der Waals surface area contributed by atoms with Gasteiger partial charge in [0.2, 0.25) is 0 Å². The first-order chi connectivity index (χ1) is 11.8. The van der Waals surface area contributed by atoms with E-state index in [1.54, 1.807) is 0 Å². The summed E-state index contributed by atoms with van der Waals surface area (Å²) in [5.74, 6) is 1.20. The van der Waals surface area contributed by atoms with Gasteiger partial charge in [0.1, 0.15) is 0 Å². The summed E-state index contributed by atoms with van der Waals surface area (Å²) in [5, 5.41) is 2.25. The molecule has 0 bridgehead atoms. The fraction of sp³-hybridized carbons (Fsp3) is 0. The van der Waals surface area contributed by atoms with Crippen molar-refractivity contribution >= 4 is 29.4 Å². The Morgan fingerprint density at radius 2 is 1.44 bits per heavy atom. The molecular formula is C17H13BF4N2O. The van der Waals surface area contributed by atoms with Crippen molar-refractivity contribution in [3.8, 4) is 11.5 Å². The third-order valence-corrected chi connectivity index (χ3v) is 3.54. The van der Waals surface area contributed by atoms with Crippen LogP contribution in [0.3, 0.4) is 0 Å². The number of hydrogen-bond acceptors (Lipinski definition) is 2. The van der Waals surface area contributed by atoms with Gasteiger partial charge in [0.25, 0.3) is 11.4 Å². The number of aromatic nitrogens is 1. The highest BCUT2D eigenvalue weighted by Gasteiger charge is 2.24. The lowest BCUT2D eigenvalue weighted by atomic mass is 10.1. The minimum absolute atomic E-state index is 0.445. The van der Waals surface area contributed by atoms with Gasteiger partial charge in [-0.2, -0.15) is 0 Å². The third-order valence-electron chi connectivity index (χ3n) is 3.54. The molecular weight excluding hydrogens is 335 g/mol. The molecule has 0 fully saturated rings. The molecule has 3 nitrogen and oxygen atoms in total. The van der Waals surface area contributed by atoms with E-state index in [1.807, 2.05) is 53.1 Å². The summed E-state index contributed by atoms with van der Waals surface area (Å²) < 4.78 is 46.8. The highest BCUT2D eigenvalue weighted by Crippen LogP contribution is 2.27. The number of benzene rings is 2. The Morgan fingerprint density at radius 3 is 2.12 bits per heavy atom. The molecule has 0 saturated carbocycles. The Labute approximate surface area is 140 Å². The third kappa shape index (κ3) is 3.73. The van der Waals surface area contributed by atoms with Crippen molar-refractivity contribution in [3.05, 3.63) is 66.9 Å². The topological polar surface area (TPSA) is 43.3 Å². The van der Waals surface area contributed by atoms with Gasteiger partial charge in [-0.1, -0.05) is 36.4 Å². The molecule has 0 aliphatic heterocycles. The molecule has 0 spiro atoms. The van der Waals surface area contributed by atoms with Crippen molar-refractivity contribution in [3.63, 3.8) is 0 Å². The summed E-state index contributed by atoms with van der Waals surface area (Å²) in [6, 6.07) is 20.2. The maximum Gasteiger partial charge on any atom is 0.673 e. The zero-order chi connectivity index (χ0) is 18.0. The zero-order valence-corrected chi connectivity index (χ0v) is 12.9. The van der Waals surface area contributed by atoms with E-state index in [0.29, 0.717) is 5.88 Å². The van der Waals surface area contributed by atoms with E-state index in [0.717, 1.165) is 27.7 Å². The van der Waals surface area contributed by atoms with E-state index < -0.39 is 7.25 Å². The van der Waals surface area contributed by atoms with Crippen LogP contribution >= 0.6 is 0 Å². The lowest BCUT2D eigenvalue weighted by Gasteiger charge is -1.94. The molecule has 0 atom stereocenters. The van der Waals surface area contributed by atoms with Crippen molar-refractivity contribution in [2.75, 3.05) is 5.73 Å². The molecule has 0 radical (unpaired) electrons. The maximum absolute atomic E-state index is 9.75. The van der Waals surface area contributed by atoms with Gasteiger partial charge >= 0.3 is 13.1 Å². The maximum atomic E-state index is 9.75. The quantitative estimate of drug-likeness (QED) is 0.307. The number of nitrogens with two attached hydrogens (primary N) is 1. The molecule has 0 unspecified atom stereocenters. The van der Waals surface area contributed by atoms with Crippen LogP contribution in [0.2, 0.25) is 0 Å². The molecule has 25 heavy (non-hydrogen) atoms. The van der Waals surface area contributed by atoms with Gasteiger partial charge in [-0.05, 0) is 23.6 Å². The molecule has 0 aliphatic rings. The number of nitrogen functional groups attached to an aromatic ring is 1. The van der Waals surface area contributed by atoms with Crippen molar-refractivity contribution in [1.82, 2.24) is 0 Å². The average Bonchev–Trinajstić information content (AvgIpc) is 2.92. The molecule has 4 aromatic rings. The van der Waals surface area contributed by atoms with E-state index >= 15 is 0 Å². The van der Waals surface area contributed by atoms with Crippen LogP contribution in [-0.2, 0) is 0 Å². The number of halogens is 4. The number of pyridine rings is 1. The minimum atomic E-state index is -6.00. The van der Waals surface area contributed by atoms with Gasteiger partial charge < -0.3 is 27.4 Å². The Hall–Kier alpha value is -3.03. The van der Waals surface area contributed by atoms with Crippen molar-refractivity contribution < 1.29 is 26.1 Å². The average molecular weight is 348 g/mol. The van der Waals surface area contributed by atoms with Crippen LogP contribution in [0.1, 0.15) is 0 Å². The Balaban J connectivity index is 0.000000324. The van der Waals surface area contributed by atoms with Crippen LogP contribution < -0.4 is 10.1 Å². The van der Waals surface area contributed by atoms with Crippen LogP contribution in [0.4, 0.5) is 23.1 Å². The number of fused-ring (bicyclic) bond motifs is 3. The molecule has 8 heteroatoms. The monoisotopic (exact) mass is 348 g/mol. The second-order valence-corrected chi connectivity index (χ2v) is 5.25. The fourth-order valence-corrected chi connectivity index (χ4v) is 2.62. The Morgan fingerprint density at radius 1 is 0.840 bits per heavy atom. The summed E-state index contributed by atoms with van der Waals surface area (Å²) >= 11 is 0. The predicted molar refractivity (Wildman–Crippen MR) is 89.4 cm³/mol. The van der Waals surface area contributed by atoms with Crippen molar-refractivity contribution in [2.24, 2.45) is 0 Å². The van der Waals surface area contributed by atoms with E-state index in [4.69, 9.17) is 10.2 Å². The zero-order valence-electron chi connectivity index (χ0n) is 12.9. The normalized spacial score (nSPS) is 11.4. The van der Waals surface area contributed by atoms with E-state index in [-0.39, 0.29) is 0 Å². The number of hydrogen-bond donors (Lipinski definition) is 1. The molecule has 2 aromatic heterocycles. The molecule has 4 rings (SSSR count). The standard InChI is InChI=1S/C17H13N2O.BF4/c18-16-15-14-9-5-4-6-12(14)10-11-19(15)17(20-16)13-7-2-1-3-8-13;2-1(3,4)5/h1-11H,18H2;/q+1;-1. The van der Waals surface area contributed by atoms with Gasteiger partial charge in [0.05, 0.1) is 10.9 Å². The number of rotatable bonds is 1. The Bertz CT molecular complexity index is 1010. The van der Waals surface area contributed by atoms with Gasteiger partial charge in [0.15, 0.2) is 6.20 Å². The van der Waals surface area contributed by atoms with Crippen LogP contribution in [0.5, 0.6) is 0 Å². The minimum Gasteiger partial charge on any atom is -0.418 e. The lowest BCUT2D eigenvalue weighted by molar-refractivity contribution is -0.502. The number of anilines is 1. The van der Waals surface area contributed by atoms with E-state index in [9.17, 15) is 17.3 Å². The lowest BCUT2D eigenvalue weighted by Crippen LogP contribution is -2.21. The van der Waals surface area contributed by atoms with E-state index in [2.05, 4.69) is 18.2 Å². The number of oxazole rings is 1. The van der Waals surface area contributed by atoms with Gasteiger partial charge in [-0.3, -0.25) is 0 Å². The van der Waals surface area contributed by atoms with Crippen LogP contribution in [-0.4, -0.2) is 7.25 Å². The largest absolute Gasteiger partial charge is 0.673 e. The predicted octanol–water partition coefficient (Wildman–Crippen LogP) is 4.72. The van der Waals surface area contributed by atoms with Crippen molar-refractivity contribution in [2.45, 2.75) is 0 Å². The van der Waals surface area contributed by atoms with Gasteiger partial charge in [-0.15, -0.1) is 4.40 Å². The molecule has 0 aliphatic carbocycles. The van der Waals surface area contributed by atoms with Crippen LogP contribution in [0, 0.1) is 0 Å². The highest BCUT2D eigenvalue weighted by molar-refractivity contribution is 6.50.